The number of amides is 3. The SMILES string of the molecule is [2H]C(=O)OCc1ccc(NC(=O)[C@H](CCCCNC(=O)CCOCCOCOCOCOCOCOCOCOCCOCCOCCOCCOCCN(C[C@H](O)[C@@H](O)[C@H](O)[C@H](O)CO)C[C@H](O)[C@@H](O)[C@H](O)[C@H](O)CO)NC(=O)[C@@H](N)C(C)C)cc1. The lowest BCUT2D eigenvalue weighted by molar-refractivity contribution is -0.222. The molecule has 0 saturated heterocycles. The molecular formula is C53H97N5O28. The average Bonchev–Trinajstić information content (AvgIpc) is 3.61. The predicted octanol–water partition coefficient (Wildman–Crippen LogP) is -5.47. The number of nitrogens with zero attached hydrogens (tertiary/aromatic N) is 1. The van der Waals surface area contributed by atoms with Crippen LogP contribution in [-0.4, -0.2) is 307 Å². The Bertz CT molecular complexity index is 1830. The minimum absolute atomic E-state index is 0.00433. The number of hydrogen-bond acceptors (Lipinski definition) is 30. The van der Waals surface area contributed by atoms with Gasteiger partial charge in [-0.15, -0.1) is 0 Å². The van der Waals surface area contributed by atoms with Gasteiger partial charge in [-0.1, -0.05) is 26.0 Å². The van der Waals surface area contributed by atoms with Crippen molar-refractivity contribution in [3.8, 4) is 0 Å². The van der Waals surface area contributed by atoms with Crippen LogP contribution >= 0.6 is 0 Å². The summed E-state index contributed by atoms with van der Waals surface area (Å²) in [5.74, 6) is -1.26. The van der Waals surface area contributed by atoms with E-state index >= 15 is 0 Å². The molecule has 1 aromatic rings. The molecule has 33 nitrogen and oxygen atoms in total. The number of anilines is 1. The summed E-state index contributed by atoms with van der Waals surface area (Å²) < 4.78 is 80.3. The van der Waals surface area contributed by atoms with Crippen molar-refractivity contribution < 1.29 is 138 Å². The minimum Gasteiger partial charge on any atom is -0.463 e. The molecule has 15 N–H and O–H groups in total. The molecule has 0 unspecified atom stereocenters. The molecule has 0 aliphatic carbocycles. The van der Waals surface area contributed by atoms with Crippen molar-refractivity contribution in [1.29, 1.82) is 0 Å². The molecule has 502 valence electrons. The van der Waals surface area contributed by atoms with Crippen LogP contribution in [-0.2, 0) is 92.1 Å². The molecule has 1 rings (SSSR count). The van der Waals surface area contributed by atoms with Crippen LogP contribution in [0, 0.1) is 5.92 Å². The lowest BCUT2D eigenvalue weighted by atomic mass is 10.0. The van der Waals surface area contributed by atoms with Crippen molar-refractivity contribution in [3.05, 3.63) is 29.8 Å². The topological polar surface area (TPSA) is 465 Å². The van der Waals surface area contributed by atoms with Gasteiger partial charge < -0.3 is 139 Å². The molecule has 0 saturated carbocycles. The monoisotopic (exact) mass is 1250 g/mol. The highest BCUT2D eigenvalue weighted by Gasteiger charge is 2.34. The summed E-state index contributed by atoms with van der Waals surface area (Å²) in [6, 6.07) is 4.81. The van der Waals surface area contributed by atoms with Crippen molar-refractivity contribution in [2.24, 2.45) is 11.7 Å². The Hall–Kier alpha value is -3.90. The fraction of sp³-hybridized carbons (Fsp3) is 0.811. The van der Waals surface area contributed by atoms with Crippen molar-refractivity contribution in [2.45, 2.75) is 107 Å². The van der Waals surface area contributed by atoms with Gasteiger partial charge in [-0.3, -0.25) is 24.1 Å². The number of nitrogens with one attached hydrogen (secondary N) is 3. The van der Waals surface area contributed by atoms with E-state index in [2.05, 4.69) is 20.7 Å². The molecule has 10 atom stereocenters. The maximum Gasteiger partial charge on any atom is 0.293 e. The zero-order valence-corrected chi connectivity index (χ0v) is 49.2. The number of aliphatic hydroxyl groups is 10. The summed E-state index contributed by atoms with van der Waals surface area (Å²) in [5, 5.41) is 107. The number of carbonyl (C=O) groups is 4. The van der Waals surface area contributed by atoms with Gasteiger partial charge in [-0.25, -0.2) is 0 Å². The highest BCUT2D eigenvalue weighted by atomic mass is 16.8. The molecule has 0 bridgehead atoms. The third kappa shape index (κ3) is 40.6. The van der Waals surface area contributed by atoms with Crippen LogP contribution in [0.1, 0.15) is 46.5 Å². The van der Waals surface area contributed by atoms with Crippen molar-refractivity contribution in [2.75, 3.05) is 172 Å². The first kappa shape index (κ1) is 78.2. The van der Waals surface area contributed by atoms with Crippen molar-refractivity contribution in [3.63, 3.8) is 0 Å². The fourth-order valence-electron chi connectivity index (χ4n) is 6.98. The number of unbranched alkanes of at least 4 members (excludes halogenated alkanes) is 1. The zero-order chi connectivity index (χ0) is 64.5. The maximum atomic E-state index is 13.2. The van der Waals surface area contributed by atoms with Gasteiger partial charge in [-0.2, -0.15) is 0 Å². The third-order valence-electron chi connectivity index (χ3n) is 12.0. The predicted molar refractivity (Wildman–Crippen MR) is 297 cm³/mol. The number of aliphatic hydroxyl groups excluding tert-OH is 10. The van der Waals surface area contributed by atoms with Crippen LogP contribution in [0.2, 0.25) is 0 Å². The number of carbonyl (C=O) groups excluding carboxylic acids is 4. The molecule has 0 aliphatic rings. The molecule has 0 radical (unpaired) electrons. The van der Waals surface area contributed by atoms with Gasteiger partial charge in [0, 0.05) is 38.3 Å². The van der Waals surface area contributed by atoms with Crippen LogP contribution < -0.4 is 21.7 Å². The largest absolute Gasteiger partial charge is 0.463 e. The molecule has 0 heterocycles. The van der Waals surface area contributed by atoms with Gasteiger partial charge in [0.25, 0.3) is 6.45 Å². The first-order chi connectivity index (χ1) is 41.8. The zero-order valence-electron chi connectivity index (χ0n) is 50.2. The van der Waals surface area contributed by atoms with Crippen LogP contribution in [0.3, 0.4) is 0 Å². The molecule has 0 fully saturated rings. The summed E-state index contributed by atoms with van der Waals surface area (Å²) >= 11 is 0. The van der Waals surface area contributed by atoms with Gasteiger partial charge in [0.2, 0.25) is 17.7 Å². The van der Waals surface area contributed by atoms with E-state index in [4.69, 9.17) is 78.9 Å². The molecular weight excluding hydrogens is 1150 g/mol. The van der Waals surface area contributed by atoms with E-state index in [1.54, 1.807) is 38.1 Å². The molecule has 0 spiro atoms. The number of nitrogens with two attached hydrogens (primary N) is 1. The van der Waals surface area contributed by atoms with E-state index < -0.39 is 105 Å². The Morgan fingerprint density at radius 1 is 0.558 bits per heavy atom. The lowest BCUT2D eigenvalue weighted by Gasteiger charge is -2.33. The molecule has 0 aromatic heterocycles. The van der Waals surface area contributed by atoms with Gasteiger partial charge >= 0.3 is 0 Å². The second-order valence-electron chi connectivity index (χ2n) is 19.3. The van der Waals surface area contributed by atoms with Gasteiger partial charge in [-0.05, 0) is 42.9 Å². The Morgan fingerprint density at radius 3 is 1.40 bits per heavy atom. The van der Waals surface area contributed by atoms with E-state index in [1.807, 2.05) is 0 Å². The quantitative estimate of drug-likeness (QED) is 0.0164. The van der Waals surface area contributed by atoms with Crippen LogP contribution in [0.4, 0.5) is 5.69 Å². The van der Waals surface area contributed by atoms with Crippen molar-refractivity contribution in [1.82, 2.24) is 15.5 Å². The van der Waals surface area contributed by atoms with E-state index in [1.165, 1.54) is 4.90 Å². The van der Waals surface area contributed by atoms with E-state index in [0.29, 0.717) is 56.9 Å². The summed E-state index contributed by atoms with van der Waals surface area (Å²) in [6.45, 7) is 3.33. The third-order valence-corrected chi connectivity index (χ3v) is 12.0. The number of benzene rings is 1. The molecule has 33 heteroatoms. The minimum atomic E-state index is -1.90. The van der Waals surface area contributed by atoms with E-state index in [9.17, 15) is 60.0 Å². The second kappa shape index (κ2) is 53.0. The lowest BCUT2D eigenvalue weighted by Crippen LogP contribution is -2.53. The van der Waals surface area contributed by atoms with Crippen LogP contribution in [0.5, 0.6) is 0 Å². The standard InChI is InChI=1S/C53H97N5O28/c1-38(2)47(54)53(72)57-41(52(71)56-40-8-6-39(7-9-40)29-80-30-61)5-3-4-11-55-46(66)10-13-73-21-23-78-31-81-33-83-35-85-37-86-36-84-34-82-32-79-24-22-77-20-19-76-18-17-75-16-15-74-14-12-58(25-42(62)48(67)50(69)44(64)27-59)26-43(63)49(68)51(70)45(65)28-60/h6-9,30,38,41-45,47-51,59-60,62-65,67-70H,3-5,10-29,31-37,54H2,1-2H3,(H,55,66)(H,56,71)(H,57,72)/t41-,42-,43-,44+,45+,47-,48+,49+,50+,51+/m0/s1/i30D. The average molecular weight is 1250 g/mol. The molecule has 86 heavy (non-hydrogen) atoms. The Kier molecular flexibility index (Phi) is 48.2. The molecule has 3 amide bonds. The number of hydrogen-bond donors (Lipinski definition) is 14. The fourth-order valence-corrected chi connectivity index (χ4v) is 6.98. The summed E-state index contributed by atoms with van der Waals surface area (Å²) in [5.41, 5.74) is 7.09. The molecule has 1 aromatic carbocycles. The number of ether oxygens (including phenoxy) is 14. The van der Waals surface area contributed by atoms with E-state index in [-0.39, 0.29) is 138 Å². The van der Waals surface area contributed by atoms with Crippen molar-refractivity contribution >= 4 is 29.9 Å². The van der Waals surface area contributed by atoms with Crippen LogP contribution in [0.25, 0.3) is 0 Å². The highest BCUT2D eigenvalue weighted by molar-refractivity contribution is 5.97. The van der Waals surface area contributed by atoms with Crippen LogP contribution in [0.15, 0.2) is 24.3 Å². The van der Waals surface area contributed by atoms with Gasteiger partial charge in [0.05, 0.1) is 111 Å². The second-order valence-corrected chi connectivity index (χ2v) is 19.3. The van der Waals surface area contributed by atoms with Gasteiger partial charge in [0.1, 0.15) is 62.9 Å². The van der Waals surface area contributed by atoms with E-state index in [0.717, 1.165) is 0 Å². The summed E-state index contributed by atoms with van der Waals surface area (Å²) in [6.07, 6.45) is -14.1. The first-order valence-corrected chi connectivity index (χ1v) is 28.1. The highest BCUT2D eigenvalue weighted by Crippen LogP contribution is 2.14. The Labute approximate surface area is 502 Å². The molecule has 0 aliphatic heterocycles. The smallest absolute Gasteiger partial charge is 0.293 e. The normalized spacial score (nSPS) is 15.5. The Balaban J connectivity index is 1.97. The number of rotatable bonds is 59. The first-order valence-electron chi connectivity index (χ1n) is 28.6. The maximum absolute atomic E-state index is 13.2. The van der Waals surface area contributed by atoms with Gasteiger partial charge in [0.15, 0.2) is 35.3 Å². The summed E-state index contributed by atoms with van der Waals surface area (Å²) in [4.78, 5) is 50.2. The summed E-state index contributed by atoms with van der Waals surface area (Å²) in [7, 11) is 0. The Morgan fingerprint density at radius 2 is 0.965 bits per heavy atom.